The fourth-order valence-corrected chi connectivity index (χ4v) is 1.68. The number of nitrogens with one attached hydrogen (secondary N) is 1. The van der Waals surface area contributed by atoms with E-state index in [4.69, 9.17) is 0 Å². The lowest BCUT2D eigenvalue weighted by Gasteiger charge is -2.48. The average Bonchev–Trinajstić information content (AvgIpc) is 2.08. The first-order chi connectivity index (χ1) is 6.31. The van der Waals surface area contributed by atoms with E-state index in [1.807, 2.05) is 18.7 Å². The molecule has 1 rings (SSSR count). The molecule has 0 unspecified atom stereocenters. The van der Waals surface area contributed by atoms with Gasteiger partial charge in [0.05, 0.1) is 11.1 Å². The molecule has 0 bridgehead atoms. The zero-order chi connectivity index (χ0) is 11.0. The van der Waals surface area contributed by atoms with E-state index in [0.717, 1.165) is 6.54 Å². The molecule has 0 saturated carbocycles. The van der Waals surface area contributed by atoms with Crippen molar-refractivity contribution in [2.24, 2.45) is 0 Å². The molecule has 0 aliphatic carbocycles. The smallest absolute Gasteiger partial charge is 0.243 e. The SMILES string of the molecule is C=CCN1C(=O)C(C)(C)NCC1(C)C. The summed E-state index contributed by atoms with van der Waals surface area (Å²) < 4.78 is 0. The third-order valence-electron chi connectivity index (χ3n) is 2.79. The molecule has 0 aromatic carbocycles. The summed E-state index contributed by atoms with van der Waals surface area (Å²) in [5.41, 5.74) is -0.570. The van der Waals surface area contributed by atoms with Crippen LogP contribution in [0.3, 0.4) is 0 Å². The van der Waals surface area contributed by atoms with E-state index in [2.05, 4.69) is 25.7 Å². The van der Waals surface area contributed by atoms with Crippen LogP contribution in [0.4, 0.5) is 0 Å². The first-order valence-corrected chi connectivity index (χ1v) is 4.99. The second kappa shape index (κ2) is 3.39. The minimum atomic E-state index is -0.446. The van der Waals surface area contributed by atoms with E-state index in [1.54, 1.807) is 6.08 Å². The van der Waals surface area contributed by atoms with Gasteiger partial charge in [0.2, 0.25) is 5.91 Å². The lowest BCUT2D eigenvalue weighted by atomic mass is 9.90. The maximum absolute atomic E-state index is 12.1. The Morgan fingerprint density at radius 2 is 2.07 bits per heavy atom. The van der Waals surface area contributed by atoms with Gasteiger partial charge in [-0.2, -0.15) is 0 Å². The van der Waals surface area contributed by atoms with Crippen LogP contribution >= 0.6 is 0 Å². The molecule has 1 heterocycles. The molecule has 0 aromatic rings. The largest absolute Gasteiger partial charge is 0.331 e. The van der Waals surface area contributed by atoms with Gasteiger partial charge in [0.15, 0.2) is 0 Å². The van der Waals surface area contributed by atoms with Gasteiger partial charge < -0.3 is 10.2 Å². The van der Waals surface area contributed by atoms with E-state index < -0.39 is 5.54 Å². The zero-order valence-electron chi connectivity index (χ0n) is 9.55. The average molecular weight is 196 g/mol. The summed E-state index contributed by atoms with van der Waals surface area (Å²) in [6.07, 6.45) is 1.78. The second-order valence-electron chi connectivity index (χ2n) is 5.00. The Labute approximate surface area is 86.2 Å². The van der Waals surface area contributed by atoms with Crippen LogP contribution < -0.4 is 5.32 Å². The van der Waals surface area contributed by atoms with E-state index in [1.165, 1.54) is 0 Å². The van der Waals surface area contributed by atoms with Crippen molar-refractivity contribution < 1.29 is 4.79 Å². The maximum Gasteiger partial charge on any atom is 0.243 e. The molecule has 0 aromatic heterocycles. The normalized spacial score (nSPS) is 24.9. The summed E-state index contributed by atoms with van der Waals surface area (Å²) in [6.45, 7) is 13.1. The molecule has 1 amide bonds. The van der Waals surface area contributed by atoms with Crippen molar-refractivity contribution in [3.05, 3.63) is 12.7 Å². The van der Waals surface area contributed by atoms with Crippen LogP contribution in [0.15, 0.2) is 12.7 Å². The van der Waals surface area contributed by atoms with Crippen LogP contribution in [0.2, 0.25) is 0 Å². The van der Waals surface area contributed by atoms with Gasteiger partial charge in [0, 0.05) is 13.1 Å². The summed E-state index contributed by atoms with van der Waals surface area (Å²) in [5, 5.41) is 3.26. The highest BCUT2D eigenvalue weighted by Crippen LogP contribution is 2.24. The lowest BCUT2D eigenvalue weighted by Crippen LogP contribution is -2.69. The van der Waals surface area contributed by atoms with Crippen LogP contribution in [0.5, 0.6) is 0 Å². The number of amides is 1. The summed E-state index contributed by atoms with van der Waals surface area (Å²) in [6, 6.07) is 0. The third-order valence-corrected chi connectivity index (χ3v) is 2.79. The molecular formula is C11H20N2O. The number of hydrogen-bond acceptors (Lipinski definition) is 2. The number of carbonyl (C=O) groups excluding carboxylic acids is 1. The monoisotopic (exact) mass is 196 g/mol. The first kappa shape index (κ1) is 11.2. The molecule has 1 saturated heterocycles. The predicted octanol–water partition coefficient (Wildman–Crippen LogP) is 1.16. The molecule has 1 fully saturated rings. The maximum atomic E-state index is 12.1. The molecule has 3 heteroatoms. The van der Waals surface area contributed by atoms with Crippen LogP contribution in [-0.4, -0.2) is 35.0 Å². The van der Waals surface area contributed by atoms with Crippen LogP contribution in [-0.2, 0) is 4.79 Å². The molecule has 14 heavy (non-hydrogen) atoms. The third kappa shape index (κ3) is 1.82. The van der Waals surface area contributed by atoms with Crippen LogP contribution in [0.25, 0.3) is 0 Å². The molecule has 1 aliphatic heterocycles. The van der Waals surface area contributed by atoms with Crippen molar-refractivity contribution in [1.82, 2.24) is 10.2 Å². The van der Waals surface area contributed by atoms with Crippen LogP contribution in [0, 0.1) is 0 Å². The number of hydrogen-bond donors (Lipinski definition) is 1. The van der Waals surface area contributed by atoms with Crippen molar-refractivity contribution in [3.8, 4) is 0 Å². The molecule has 3 nitrogen and oxygen atoms in total. The van der Waals surface area contributed by atoms with Gasteiger partial charge in [0.1, 0.15) is 0 Å². The number of carbonyl (C=O) groups is 1. The molecule has 1 N–H and O–H groups in total. The summed E-state index contributed by atoms with van der Waals surface area (Å²) in [7, 11) is 0. The lowest BCUT2D eigenvalue weighted by molar-refractivity contribution is -0.146. The van der Waals surface area contributed by atoms with Gasteiger partial charge >= 0.3 is 0 Å². The van der Waals surface area contributed by atoms with E-state index in [9.17, 15) is 4.79 Å². The molecule has 0 spiro atoms. The highest BCUT2D eigenvalue weighted by molar-refractivity contribution is 5.87. The van der Waals surface area contributed by atoms with E-state index >= 15 is 0 Å². The van der Waals surface area contributed by atoms with E-state index in [0.29, 0.717) is 6.54 Å². The summed E-state index contributed by atoms with van der Waals surface area (Å²) >= 11 is 0. The minimum absolute atomic E-state index is 0.124. The van der Waals surface area contributed by atoms with Crippen molar-refractivity contribution in [2.75, 3.05) is 13.1 Å². The molecule has 80 valence electrons. The summed E-state index contributed by atoms with van der Waals surface area (Å²) in [4.78, 5) is 14.0. The van der Waals surface area contributed by atoms with Crippen molar-refractivity contribution in [2.45, 2.75) is 38.8 Å². The van der Waals surface area contributed by atoms with Gasteiger partial charge in [-0.05, 0) is 27.7 Å². The predicted molar refractivity (Wildman–Crippen MR) is 58.1 cm³/mol. The Hall–Kier alpha value is -0.830. The fraction of sp³-hybridized carbons (Fsp3) is 0.727. The summed E-state index contributed by atoms with van der Waals surface area (Å²) in [5.74, 6) is 0.147. The minimum Gasteiger partial charge on any atom is -0.331 e. The molecule has 0 radical (unpaired) electrons. The van der Waals surface area contributed by atoms with Crippen molar-refractivity contribution in [1.29, 1.82) is 0 Å². The Bertz CT molecular complexity index is 256. The topological polar surface area (TPSA) is 32.3 Å². The fourth-order valence-electron chi connectivity index (χ4n) is 1.68. The Kier molecular flexibility index (Phi) is 2.72. The van der Waals surface area contributed by atoms with Crippen molar-refractivity contribution >= 4 is 5.91 Å². The van der Waals surface area contributed by atoms with Gasteiger partial charge in [-0.15, -0.1) is 6.58 Å². The Balaban J connectivity index is 2.93. The number of piperazine rings is 1. The Morgan fingerprint density at radius 1 is 1.50 bits per heavy atom. The van der Waals surface area contributed by atoms with E-state index in [-0.39, 0.29) is 11.4 Å². The number of nitrogens with zero attached hydrogens (tertiary/aromatic N) is 1. The number of rotatable bonds is 2. The van der Waals surface area contributed by atoms with Gasteiger partial charge in [-0.3, -0.25) is 4.79 Å². The van der Waals surface area contributed by atoms with Gasteiger partial charge in [-0.1, -0.05) is 6.08 Å². The molecular weight excluding hydrogens is 176 g/mol. The second-order valence-corrected chi connectivity index (χ2v) is 5.00. The highest BCUT2D eigenvalue weighted by Gasteiger charge is 2.43. The van der Waals surface area contributed by atoms with Crippen molar-refractivity contribution in [3.63, 3.8) is 0 Å². The van der Waals surface area contributed by atoms with Gasteiger partial charge in [0.25, 0.3) is 0 Å². The van der Waals surface area contributed by atoms with Crippen LogP contribution in [0.1, 0.15) is 27.7 Å². The quantitative estimate of drug-likeness (QED) is 0.672. The zero-order valence-corrected chi connectivity index (χ0v) is 9.55. The first-order valence-electron chi connectivity index (χ1n) is 4.99. The molecule has 0 atom stereocenters. The highest BCUT2D eigenvalue weighted by atomic mass is 16.2. The Morgan fingerprint density at radius 3 is 2.57 bits per heavy atom. The standard InChI is InChI=1S/C11H20N2O/c1-6-7-13-9(14)11(4,5)12-8-10(13,2)3/h6,12H,1,7-8H2,2-5H3. The molecule has 1 aliphatic rings. The van der Waals surface area contributed by atoms with Gasteiger partial charge in [-0.25, -0.2) is 0 Å².